The maximum absolute atomic E-state index is 5.47. The van der Waals surface area contributed by atoms with Crippen molar-refractivity contribution in [3.05, 3.63) is 37.1 Å². The number of fused-ring (bicyclic) bond motifs is 1. The number of imidazole rings is 1. The molecule has 3 aromatic heterocycles. The lowest BCUT2D eigenvalue weighted by Gasteiger charge is -2.22. The van der Waals surface area contributed by atoms with Crippen LogP contribution in [-0.2, 0) is 4.74 Å². The minimum Gasteiger partial charge on any atom is -0.493 e. The monoisotopic (exact) mass is 451 g/mol. The van der Waals surface area contributed by atoms with E-state index >= 15 is 0 Å². The highest BCUT2D eigenvalue weighted by atomic mass is 16.5. The Kier molecular flexibility index (Phi) is 5.69. The third-order valence-electron chi connectivity index (χ3n) is 5.64. The van der Waals surface area contributed by atoms with Crippen LogP contribution in [0.4, 0.5) is 11.8 Å². The second kappa shape index (κ2) is 8.94. The minimum atomic E-state index is 0.276. The molecule has 0 saturated carbocycles. The molecule has 1 N–H and O–H groups in total. The first-order chi connectivity index (χ1) is 16.2. The highest BCUT2D eigenvalue weighted by Crippen LogP contribution is 2.39. The van der Waals surface area contributed by atoms with Crippen LogP contribution in [0, 0.1) is 0 Å². The van der Waals surface area contributed by atoms with Crippen LogP contribution in [0.2, 0.25) is 0 Å². The summed E-state index contributed by atoms with van der Waals surface area (Å²) >= 11 is 0. The van der Waals surface area contributed by atoms with Gasteiger partial charge in [-0.05, 0) is 12.8 Å². The molecule has 5 rings (SSSR count). The summed E-state index contributed by atoms with van der Waals surface area (Å²) in [7, 11) is 4.74. The number of nitrogens with one attached hydrogen (secondary N) is 1. The van der Waals surface area contributed by atoms with Crippen molar-refractivity contribution < 1.29 is 18.9 Å². The molecule has 11 heteroatoms. The van der Waals surface area contributed by atoms with Gasteiger partial charge in [-0.1, -0.05) is 0 Å². The van der Waals surface area contributed by atoms with Crippen LogP contribution in [0.3, 0.4) is 0 Å². The summed E-state index contributed by atoms with van der Waals surface area (Å²) < 4.78 is 25.6. The maximum atomic E-state index is 5.47. The fraction of sp³-hybridized carbons (Fsp3) is 0.364. The van der Waals surface area contributed by atoms with Crippen LogP contribution in [-0.4, -0.2) is 63.8 Å². The smallest absolute Gasteiger partial charge is 0.230 e. The molecule has 11 nitrogen and oxygen atoms in total. The van der Waals surface area contributed by atoms with Gasteiger partial charge in [-0.2, -0.15) is 10.1 Å². The zero-order chi connectivity index (χ0) is 22.8. The van der Waals surface area contributed by atoms with E-state index in [0.29, 0.717) is 29.0 Å². The van der Waals surface area contributed by atoms with E-state index in [1.165, 1.54) is 0 Å². The van der Waals surface area contributed by atoms with E-state index in [0.717, 1.165) is 42.8 Å². The predicted molar refractivity (Wildman–Crippen MR) is 121 cm³/mol. The Morgan fingerprint density at radius 2 is 1.76 bits per heavy atom. The van der Waals surface area contributed by atoms with Crippen molar-refractivity contribution in [2.45, 2.75) is 18.9 Å². The number of aromatic nitrogens is 6. The summed E-state index contributed by atoms with van der Waals surface area (Å²) in [5.74, 6) is 2.70. The number of benzene rings is 1. The second-order valence-corrected chi connectivity index (χ2v) is 7.58. The van der Waals surface area contributed by atoms with E-state index in [9.17, 15) is 0 Å². The number of hydrogen-bond donors (Lipinski definition) is 1. The zero-order valence-corrected chi connectivity index (χ0v) is 18.7. The Morgan fingerprint density at radius 1 is 1.00 bits per heavy atom. The van der Waals surface area contributed by atoms with Crippen molar-refractivity contribution in [1.82, 2.24) is 29.3 Å². The molecule has 1 aliphatic heterocycles. The summed E-state index contributed by atoms with van der Waals surface area (Å²) in [6, 6.07) is 3.97. The molecule has 172 valence electrons. The molecule has 0 aliphatic carbocycles. The molecule has 0 radical (unpaired) electrons. The highest BCUT2D eigenvalue weighted by Gasteiger charge is 2.20. The van der Waals surface area contributed by atoms with Crippen LogP contribution < -0.4 is 19.5 Å². The average Bonchev–Trinajstić information content (AvgIpc) is 3.50. The standard InChI is InChI=1S/C22H25N7O4/c1-30-17-8-16(9-18(31-2)20(17)32-3)28-12-19(24-13-28)26-22-23-10-14-11-25-29(21(14)27-22)15-4-6-33-7-5-15/h8-13,15H,4-7H2,1-3H3,(H,23,26,27). The summed E-state index contributed by atoms with van der Waals surface area (Å²) in [4.78, 5) is 13.6. The van der Waals surface area contributed by atoms with Gasteiger partial charge in [-0.3, -0.25) is 0 Å². The van der Waals surface area contributed by atoms with Gasteiger partial charge in [0.1, 0.15) is 6.33 Å². The molecule has 1 saturated heterocycles. The fourth-order valence-electron chi connectivity index (χ4n) is 3.95. The molecule has 4 heterocycles. The Hall–Kier alpha value is -3.86. The number of methoxy groups -OCH3 is 3. The minimum absolute atomic E-state index is 0.276. The van der Waals surface area contributed by atoms with Gasteiger partial charge in [0.2, 0.25) is 11.7 Å². The molecule has 0 atom stereocenters. The molecule has 33 heavy (non-hydrogen) atoms. The van der Waals surface area contributed by atoms with Crippen LogP contribution in [0.1, 0.15) is 18.9 Å². The van der Waals surface area contributed by atoms with Crippen LogP contribution in [0.5, 0.6) is 17.2 Å². The topological polar surface area (TPSA) is 110 Å². The molecule has 0 amide bonds. The van der Waals surface area contributed by atoms with E-state index in [-0.39, 0.29) is 6.04 Å². The quantitative estimate of drug-likeness (QED) is 0.453. The third-order valence-corrected chi connectivity index (χ3v) is 5.64. The van der Waals surface area contributed by atoms with Crippen molar-refractivity contribution in [1.29, 1.82) is 0 Å². The Morgan fingerprint density at radius 3 is 2.45 bits per heavy atom. The number of anilines is 2. The molecule has 1 fully saturated rings. The summed E-state index contributed by atoms with van der Waals surface area (Å²) in [6.07, 6.45) is 8.93. The Bertz CT molecular complexity index is 1240. The van der Waals surface area contributed by atoms with Crippen molar-refractivity contribution in [3.63, 3.8) is 0 Å². The van der Waals surface area contributed by atoms with Gasteiger partial charge in [-0.25, -0.2) is 14.6 Å². The fourth-order valence-corrected chi connectivity index (χ4v) is 3.95. The first-order valence-electron chi connectivity index (χ1n) is 10.6. The molecule has 0 bridgehead atoms. The summed E-state index contributed by atoms with van der Waals surface area (Å²) in [5, 5.41) is 8.61. The van der Waals surface area contributed by atoms with E-state index in [4.69, 9.17) is 23.9 Å². The summed E-state index contributed by atoms with van der Waals surface area (Å²) in [5.41, 5.74) is 1.60. The lowest BCUT2D eigenvalue weighted by molar-refractivity contribution is 0.0673. The molecule has 1 aromatic carbocycles. The van der Waals surface area contributed by atoms with Crippen molar-refractivity contribution in [2.24, 2.45) is 0 Å². The lowest BCUT2D eigenvalue weighted by Crippen LogP contribution is -2.20. The third kappa shape index (κ3) is 4.02. The van der Waals surface area contributed by atoms with Crippen molar-refractivity contribution in [3.8, 4) is 22.9 Å². The molecular weight excluding hydrogens is 426 g/mol. The van der Waals surface area contributed by atoms with Crippen LogP contribution in [0.25, 0.3) is 16.7 Å². The molecule has 0 spiro atoms. The molecule has 0 unspecified atom stereocenters. The number of nitrogens with zero attached hydrogens (tertiary/aromatic N) is 6. The average molecular weight is 451 g/mol. The van der Waals surface area contributed by atoms with Crippen LogP contribution >= 0.6 is 0 Å². The molecular formula is C22H25N7O4. The van der Waals surface area contributed by atoms with Gasteiger partial charge in [-0.15, -0.1) is 0 Å². The molecule has 1 aliphatic rings. The van der Waals surface area contributed by atoms with E-state index in [1.807, 2.05) is 27.6 Å². The van der Waals surface area contributed by atoms with Crippen molar-refractivity contribution >= 4 is 22.8 Å². The second-order valence-electron chi connectivity index (χ2n) is 7.58. The SMILES string of the molecule is COc1cc(-n2cnc(Nc3ncc4cnn(C5CCOCC5)c4n3)c2)cc(OC)c1OC. The van der Waals surface area contributed by atoms with E-state index in [1.54, 1.807) is 40.1 Å². The number of ether oxygens (including phenoxy) is 4. The zero-order valence-electron chi connectivity index (χ0n) is 18.7. The van der Waals surface area contributed by atoms with E-state index in [2.05, 4.69) is 20.4 Å². The largest absolute Gasteiger partial charge is 0.493 e. The number of hydrogen-bond acceptors (Lipinski definition) is 9. The van der Waals surface area contributed by atoms with Gasteiger partial charge in [0.25, 0.3) is 0 Å². The molecule has 4 aromatic rings. The Balaban J connectivity index is 1.41. The predicted octanol–water partition coefficient (Wildman–Crippen LogP) is 3.13. The first-order valence-corrected chi connectivity index (χ1v) is 10.6. The van der Waals surface area contributed by atoms with Crippen LogP contribution in [0.15, 0.2) is 37.1 Å². The van der Waals surface area contributed by atoms with Gasteiger partial charge in [0, 0.05) is 31.5 Å². The summed E-state index contributed by atoms with van der Waals surface area (Å²) in [6.45, 7) is 1.47. The highest BCUT2D eigenvalue weighted by molar-refractivity contribution is 5.75. The lowest BCUT2D eigenvalue weighted by atomic mass is 10.1. The van der Waals surface area contributed by atoms with Crippen molar-refractivity contribution in [2.75, 3.05) is 39.9 Å². The number of rotatable bonds is 7. The Labute approximate surface area is 190 Å². The normalized spacial score (nSPS) is 14.4. The maximum Gasteiger partial charge on any atom is 0.230 e. The first kappa shape index (κ1) is 21.0. The van der Waals surface area contributed by atoms with Gasteiger partial charge in [0.05, 0.1) is 50.8 Å². The van der Waals surface area contributed by atoms with Gasteiger partial charge >= 0.3 is 0 Å². The van der Waals surface area contributed by atoms with E-state index < -0.39 is 0 Å². The van der Waals surface area contributed by atoms with Gasteiger partial charge in [0.15, 0.2) is 23.0 Å². The van der Waals surface area contributed by atoms with Gasteiger partial charge < -0.3 is 28.8 Å².